The number of hydrogen-bond donors (Lipinski definition) is 4. The van der Waals surface area contributed by atoms with Crippen LogP contribution in [0.1, 0.15) is 37.3 Å². The number of ether oxygens (including phenoxy) is 1. The Kier molecular flexibility index (Phi) is 10.8. The predicted molar refractivity (Wildman–Crippen MR) is 196 cm³/mol. The number of fused-ring (bicyclic) bond motifs is 2. The SMILES string of the molecule is CO[C@H]1CNCC[C@@H]1CNc1nc(NCc2ccccc2-c2nccc3cc(NC(=O)/C=C/CN(C)C)ccc23)n2ncc(C(C)C)c2n1. The van der Waals surface area contributed by atoms with E-state index in [0.717, 1.165) is 70.5 Å². The average Bonchev–Trinajstić information content (AvgIpc) is 3.54. The van der Waals surface area contributed by atoms with Gasteiger partial charge in [-0.2, -0.15) is 19.6 Å². The summed E-state index contributed by atoms with van der Waals surface area (Å²) in [6.45, 7) is 8.00. The minimum absolute atomic E-state index is 0.142. The van der Waals surface area contributed by atoms with Gasteiger partial charge >= 0.3 is 0 Å². The van der Waals surface area contributed by atoms with Crippen molar-refractivity contribution in [3.63, 3.8) is 0 Å². The third-order valence-corrected chi connectivity index (χ3v) is 8.89. The lowest BCUT2D eigenvalue weighted by Crippen LogP contribution is -2.44. The van der Waals surface area contributed by atoms with Gasteiger partial charge in [-0.1, -0.05) is 50.3 Å². The van der Waals surface area contributed by atoms with Gasteiger partial charge < -0.3 is 30.9 Å². The number of nitrogens with zero attached hydrogens (tertiary/aromatic N) is 6. The largest absolute Gasteiger partial charge is 0.380 e. The molecule has 6 rings (SSSR count). The molecule has 0 radical (unpaired) electrons. The highest BCUT2D eigenvalue weighted by molar-refractivity contribution is 6.02. The smallest absolute Gasteiger partial charge is 0.248 e. The number of benzene rings is 2. The topological polar surface area (TPSA) is 134 Å². The first-order chi connectivity index (χ1) is 23.8. The lowest BCUT2D eigenvalue weighted by Gasteiger charge is -2.31. The summed E-state index contributed by atoms with van der Waals surface area (Å²) in [5.74, 6) is 1.61. The molecule has 0 spiro atoms. The number of anilines is 3. The molecule has 2 aromatic carbocycles. The van der Waals surface area contributed by atoms with Crippen LogP contribution in [-0.2, 0) is 16.1 Å². The van der Waals surface area contributed by atoms with Crippen molar-refractivity contribution in [2.24, 2.45) is 5.92 Å². The number of carbonyl (C=O) groups excluding carboxylic acids is 1. The fourth-order valence-corrected chi connectivity index (χ4v) is 6.22. The van der Waals surface area contributed by atoms with Gasteiger partial charge in [-0.25, -0.2) is 0 Å². The summed E-state index contributed by atoms with van der Waals surface area (Å²) < 4.78 is 7.52. The lowest BCUT2D eigenvalue weighted by atomic mass is 9.95. The third kappa shape index (κ3) is 8.05. The Morgan fingerprint density at radius 1 is 1.14 bits per heavy atom. The Hall–Kier alpha value is -4.91. The summed E-state index contributed by atoms with van der Waals surface area (Å²) in [6.07, 6.45) is 8.25. The fraction of sp³-hybridized carbons (Fsp3) is 0.378. The maximum absolute atomic E-state index is 12.5. The standard InChI is InChI=1S/C37H46N10O2/c1-24(2)31-22-42-47-35(31)44-36(40-21-27-14-16-38-23-32(27)49-5)45-37(47)41-20-26-9-6-7-10-29(26)34-30-13-12-28(19-25(30)15-17-39-34)43-33(48)11-8-18-46(3)4/h6-13,15,17,19,22,24,27,32,38H,14,16,18,20-21,23H2,1-5H3,(H,43,48)(H2,40,41,44,45)/b11-8+/t27-,32+/m1/s1. The average molecular weight is 663 g/mol. The summed E-state index contributed by atoms with van der Waals surface area (Å²) in [4.78, 5) is 29.1. The molecular weight excluding hydrogens is 616 g/mol. The molecule has 0 saturated carbocycles. The molecule has 0 aliphatic carbocycles. The van der Waals surface area contributed by atoms with Gasteiger partial charge in [0.2, 0.25) is 17.8 Å². The van der Waals surface area contributed by atoms with Crippen molar-refractivity contribution in [1.29, 1.82) is 0 Å². The molecule has 5 aromatic rings. The number of piperidine rings is 1. The molecule has 3 aromatic heterocycles. The number of hydrogen-bond acceptors (Lipinski definition) is 10. The van der Waals surface area contributed by atoms with Crippen molar-refractivity contribution in [1.82, 2.24) is 34.8 Å². The van der Waals surface area contributed by atoms with Crippen molar-refractivity contribution in [2.45, 2.75) is 38.8 Å². The second kappa shape index (κ2) is 15.5. The first-order valence-corrected chi connectivity index (χ1v) is 16.9. The lowest BCUT2D eigenvalue weighted by molar-refractivity contribution is -0.111. The number of carbonyl (C=O) groups is 1. The highest BCUT2D eigenvalue weighted by Gasteiger charge is 2.25. The van der Waals surface area contributed by atoms with Crippen LogP contribution in [0, 0.1) is 5.92 Å². The monoisotopic (exact) mass is 662 g/mol. The summed E-state index contributed by atoms with van der Waals surface area (Å²) in [5.41, 5.74) is 5.50. The number of nitrogens with one attached hydrogen (secondary N) is 4. The van der Waals surface area contributed by atoms with Crippen molar-refractivity contribution in [3.8, 4) is 11.3 Å². The van der Waals surface area contributed by atoms with Gasteiger partial charge in [0, 0.05) is 73.7 Å². The first kappa shape index (κ1) is 34.0. The van der Waals surface area contributed by atoms with Crippen LogP contribution in [0.25, 0.3) is 27.7 Å². The quantitative estimate of drug-likeness (QED) is 0.125. The zero-order chi connectivity index (χ0) is 34.3. The first-order valence-electron chi connectivity index (χ1n) is 16.9. The number of pyridine rings is 1. The van der Waals surface area contributed by atoms with Gasteiger partial charge in [-0.3, -0.25) is 9.78 Å². The van der Waals surface area contributed by atoms with Crippen LogP contribution in [0.3, 0.4) is 0 Å². The highest BCUT2D eigenvalue weighted by atomic mass is 16.5. The Labute approximate surface area is 287 Å². The number of rotatable bonds is 13. The van der Waals surface area contributed by atoms with Crippen molar-refractivity contribution in [2.75, 3.05) is 63.3 Å². The molecule has 4 N–H and O–H groups in total. The Bertz CT molecular complexity index is 1940. The van der Waals surface area contributed by atoms with Crippen LogP contribution < -0.4 is 21.3 Å². The van der Waals surface area contributed by atoms with E-state index < -0.39 is 0 Å². The van der Waals surface area contributed by atoms with E-state index in [-0.39, 0.29) is 17.9 Å². The number of likely N-dealkylation sites (N-methyl/N-ethyl adjacent to an activating group) is 1. The summed E-state index contributed by atoms with van der Waals surface area (Å²) in [6, 6.07) is 16.1. The van der Waals surface area contributed by atoms with E-state index in [2.05, 4.69) is 52.3 Å². The molecule has 1 fully saturated rings. The molecule has 4 heterocycles. The van der Waals surface area contributed by atoms with E-state index in [4.69, 9.17) is 19.7 Å². The second-order valence-corrected chi connectivity index (χ2v) is 13.0. The second-order valence-electron chi connectivity index (χ2n) is 13.0. The van der Waals surface area contributed by atoms with E-state index in [9.17, 15) is 4.79 Å². The van der Waals surface area contributed by atoms with Gasteiger partial charge in [0.1, 0.15) is 0 Å². The molecule has 12 heteroatoms. The van der Waals surface area contributed by atoms with Gasteiger partial charge in [-0.15, -0.1) is 0 Å². The summed E-state index contributed by atoms with van der Waals surface area (Å²) in [7, 11) is 5.70. The van der Waals surface area contributed by atoms with Gasteiger partial charge in [0.15, 0.2) is 5.65 Å². The number of aromatic nitrogens is 5. The van der Waals surface area contributed by atoms with Crippen LogP contribution in [0.4, 0.5) is 17.6 Å². The number of methoxy groups -OCH3 is 1. The zero-order valence-corrected chi connectivity index (χ0v) is 28.9. The Morgan fingerprint density at radius 2 is 2.00 bits per heavy atom. The minimum atomic E-state index is -0.160. The summed E-state index contributed by atoms with van der Waals surface area (Å²) in [5, 5.41) is 20.1. The van der Waals surface area contributed by atoms with E-state index in [1.54, 1.807) is 17.7 Å². The minimum Gasteiger partial charge on any atom is -0.380 e. The van der Waals surface area contributed by atoms with Crippen molar-refractivity contribution in [3.05, 3.63) is 84.2 Å². The van der Waals surface area contributed by atoms with E-state index in [1.807, 2.05) is 73.9 Å². The van der Waals surface area contributed by atoms with Crippen LogP contribution in [0.15, 0.2) is 73.1 Å². The van der Waals surface area contributed by atoms with Gasteiger partial charge in [-0.05, 0) is 62.1 Å². The normalized spacial score (nSPS) is 16.6. The van der Waals surface area contributed by atoms with E-state index in [1.165, 1.54) is 0 Å². The maximum Gasteiger partial charge on any atom is 0.248 e. The molecule has 1 aliphatic heterocycles. The van der Waals surface area contributed by atoms with Crippen LogP contribution in [0.2, 0.25) is 0 Å². The number of amides is 1. The van der Waals surface area contributed by atoms with E-state index >= 15 is 0 Å². The molecular formula is C37H46N10O2. The molecule has 256 valence electrons. The molecule has 0 bridgehead atoms. The highest BCUT2D eigenvalue weighted by Crippen LogP contribution is 2.31. The molecule has 1 amide bonds. The van der Waals surface area contributed by atoms with Crippen molar-refractivity contribution < 1.29 is 9.53 Å². The zero-order valence-electron chi connectivity index (χ0n) is 28.9. The van der Waals surface area contributed by atoms with Crippen molar-refractivity contribution >= 4 is 39.9 Å². The van der Waals surface area contributed by atoms with Crippen LogP contribution in [-0.4, -0.2) is 88.9 Å². The van der Waals surface area contributed by atoms with Crippen LogP contribution >= 0.6 is 0 Å². The van der Waals surface area contributed by atoms with Gasteiger partial charge in [0.25, 0.3) is 0 Å². The predicted octanol–water partition coefficient (Wildman–Crippen LogP) is 5.17. The molecule has 12 nitrogen and oxygen atoms in total. The Balaban J connectivity index is 1.25. The van der Waals surface area contributed by atoms with Crippen LogP contribution in [0.5, 0.6) is 0 Å². The molecule has 1 aliphatic rings. The third-order valence-electron chi connectivity index (χ3n) is 8.89. The summed E-state index contributed by atoms with van der Waals surface area (Å²) >= 11 is 0. The van der Waals surface area contributed by atoms with E-state index in [0.29, 0.717) is 30.9 Å². The fourth-order valence-electron chi connectivity index (χ4n) is 6.22. The molecule has 2 atom stereocenters. The van der Waals surface area contributed by atoms with Gasteiger partial charge in [0.05, 0.1) is 18.0 Å². The molecule has 0 unspecified atom stereocenters. The Morgan fingerprint density at radius 3 is 2.82 bits per heavy atom. The molecule has 1 saturated heterocycles. The molecule has 49 heavy (non-hydrogen) atoms. The maximum atomic E-state index is 12.5.